The van der Waals surface area contributed by atoms with Crippen molar-refractivity contribution in [1.82, 2.24) is 19.7 Å². The number of halogens is 3. The van der Waals surface area contributed by atoms with Crippen LogP contribution in [-0.2, 0) is 42.9 Å². The number of carbonyl (C=O) groups is 1. The normalized spacial score (nSPS) is 19.4. The number of aryl methyl sites for hydroxylation is 1. The lowest BCUT2D eigenvalue weighted by Crippen LogP contribution is -2.49. The molecule has 0 aliphatic carbocycles. The lowest BCUT2D eigenvalue weighted by Gasteiger charge is -2.42. The van der Waals surface area contributed by atoms with Gasteiger partial charge < -0.3 is 14.2 Å². The highest BCUT2D eigenvalue weighted by Gasteiger charge is 2.43. The van der Waals surface area contributed by atoms with E-state index in [1.165, 1.54) is 11.0 Å². The van der Waals surface area contributed by atoms with E-state index in [9.17, 15) is 18.0 Å². The Morgan fingerprint density at radius 1 is 1.11 bits per heavy atom. The molecule has 1 amide bonds. The van der Waals surface area contributed by atoms with Gasteiger partial charge in [-0.2, -0.15) is 13.2 Å². The number of benzene rings is 2. The second-order valence-corrected chi connectivity index (χ2v) is 10.4. The molecule has 0 unspecified atom stereocenters. The van der Waals surface area contributed by atoms with Crippen LogP contribution in [0.4, 0.5) is 18.9 Å². The zero-order valence-corrected chi connectivity index (χ0v) is 20.6. The molecule has 7 nitrogen and oxygen atoms in total. The molecule has 2 saturated heterocycles. The van der Waals surface area contributed by atoms with E-state index in [2.05, 4.69) is 15.1 Å². The van der Waals surface area contributed by atoms with Gasteiger partial charge in [0.25, 0.3) is 5.91 Å². The van der Waals surface area contributed by atoms with E-state index in [0.29, 0.717) is 37.4 Å². The number of carbonyl (C=O) groups excluding carboxylic acids is 1. The van der Waals surface area contributed by atoms with Crippen molar-refractivity contribution >= 4 is 11.6 Å². The van der Waals surface area contributed by atoms with Crippen molar-refractivity contribution in [3.05, 3.63) is 76.4 Å². The van der Waals surface area contributed by atoms with Crippen LogP contribution in [0, 0.1) is 0 Å². The molecule has 3 aromatic rings. The van der Waals surface area contributed by atoms with Gasteiger partial charge in [0.1, 0.15) is 12.2 Å². The first-order valence-corrected chi connectivity index (χ1v) is 12.5. The second-order valence-electron chi connectivity index (χ2n) is 10.4. The number of alkyl halides is 3. The maximum absolute atomic E-state index is 14.1. The number of fused-ring (bicyclic) bond motifs is 1. The van der Waals surface area contributed by atoms with Crippen molar-refractivity contribution in [3.8, 4) is 0 Å². The number of ether oxygens (including phenoxy) is 1. The van der Waals surface area contributed by atoms with Crippen LogP contribution >= 0.6 is 0 Å². The minimum Gasteiger partial charge on any atom is -0.379 e. The van der Waals surface area contributed by atoms with Crippen molar-refractivity contribution in [2.75, 3.05) is 31.2 Å². The van der Waals surface area contributed by atoms with Crippen LogP contribution in [0.5, 0.6) is 0 Å². The van der Waals surface area contributed by atoms with Gasteiger partial charge in [-0.1, -0.05) is 12.1 Å². The zero-order chi connectivity index (χ0) is 25.8. The Morgan fingerprint density at radius 2 is 1.89 bits per heavy atom. The number of nitrogens with zero attached hydrogens (tertiary/aromatic N) is 5. The summed E-state index contributed by atoms with van der Waals surface area (Å²) in [6, 6.07) is 10.4. The molecule has 194 valence electrons. The first kappa shape index (κ1) is 24.1. The van der Waals surface area contributed by atoms with Gasteiger partial charge in [-0.25, -0.2) is 0 Å². The Balaban J connectivity index is 1.32. The van der Waals surface area contributed by atoms with Gasteiger partial charge in [0.15, 0.2) is 0 Å². The fraction of sp³-hybridized carbons (Fsp3) is 0.444. The van der Waals surface area contributed by atoms with E-state index in [-0.39, 0.29) is 23.1 Å². The summed E-state index contributed by atoms with van der Waals surface area (Å²) in [6.45, 7) is 3.04. The smallest absolute Gasteiger partial charge is 0.379 e. The molecule has 0 saturated carbocycles. The van der Waals surface area contributed by atoms with E-state index in [1.807, 2.05) is 29.8 Å². The predicted molar refractivity (Wildman–Crippen MR) is 130 cm³/mol. The molecule has 6 rings (SSSR count). The minimum absolute atomic E-state index is 0.0499. The number of anilines is 1. The molecule has 0 N–H and O–H groups in total. The van der Waals surface area contributed by atoms with Crippen LogP contribution in [0.1, 0.15) is 51.3 Å². The molecule has 3 aliphatic rings. The lowest BCUT2D eigenvalue weighted by molar-refractivity contribution is -0.138. The van der Waals surface area contributed by atoms with Crippen LogP contribution in [0.2, 0.25) is 0 Å². The van der Waals surface area contributed by atoms with Crippen LogP contribution in [0.3, 0.4) is 0 Å². The van der Waals surface area contributed by atoms with E-state index in [1.54, 1.807) is 18.5 Å². The largest absolute Gasteiger partial charge is 0.416 e. The summed E-state index contributed by atoms with van der Waals surface area (Å²) >= 11 is 0. The second kappa shape index (κ2) is 8.95. The number of aromatic nitrogens is 3. The molecule has 1 aromatic heterocycles. The fourth-order valence-electron chi connectivity index (χ4n) is 5.71. The molecule has 0 atom stereocenters. The lowest BCUT2D eigenvalue weighted by atomic mass is 9.75. The first-order valence-electron chi connectivity index (χ1n) is 12.5. The molecule has 0 spiro atoms. The molecule has 2 aromatic carbocycles. The molecular formula is C27H28F3N5O2. The predicted octanol–water partition coefficient (Wildman–Crippen LogP) is 4.10. The SMILES string of the molecule is Cn1cnnc1CC1(c2cccc(N3Cc4c(cc(CN5CCCC5)cc4C(F)(F)F)C3=O)c2)COC1. The standard InChI is InChI=1S/C27H28F3N5O2/c1-33-17-31-32-24(33)12-26(15-37-16-26)19-5-4-6-20(11-19)35-14-22-21(25(35)36)9-18(10-23(22)27(28,29)30)13-34-7-2-3-8-34/h4-6,9-11,17H,2-3,7-8,12-16H2,1H3. The number of hydrogen-bond acceptors (Lipinski definition) is 5. The van der Waals surface area contributed by atoms with Crippen molar-refractivity contribution in [2.45, 2.75) is 43.9 Å². The molecule has 4 heterocycles. The van der Waals surface area contributed by atoms with Crippen molar-refractivity contribution in [3.63, 3.8) is 0 Å². The minimum atomic E-state index is -4.54. The maximum Gasteiger partial charge on any atom is 0.416 e. The summed E-state index contributed by atoms with van der Waals surface area (Å²) in [4.78, 5) is 17.1. The van der Waals surface area contributed by atoms with E-state index >= 15 is 0 Å². The van der Waals surface area contributed by atoms with Gasteiger partial charge in [0, 0.05) is 36.7 Å². The third kappa shape index (κ3) is 4.31. The van der Waals surface area contributed by atoms with Gasteiger partial charge in [0.2, 0.25) is 0 Å². The molecule has 10 heteroatoms. The maximum atomic E-state index is 14.1. The fourth-order valence-corrected chi connectivity index (χ4v) is 5.71. The van der Waals surface area contributed by atoms with Crippen molar-refractivity contribution in [2.24, 2.45) is 7.05 Å². The van der Waals surface area contributed by atoms with E-state index in [4.69, 9.17) is 4.74 Å². The summed E-state index contributed by atoms with van der Waals surface area (Å²) < 4.78 is 49.8. The Labute approximate surface area is 212 Å². The van der Waals surface area contributed by atoms with E-state index in [0.717, 1.165) is 37.3 Å². The van der Waals surface area contributed by atoms with Gasteiger partial charge in [-0.05, 0) is 66.9 Å². The summed E-state index contributed by atoms with van der Waals surface area (Å²) in [5.74, 6) is 0.423. The quantitative estimate of drug-likeness (QED) is 0.499. The summed E-state index contributed by atoms with van der Waals surface area (Å²) in [7, 11) is 1.88. The van der Waals surface area contributed by atoms with Crippen LogP contribution in [0.15, 0.2) is 42.7 Å². The Bertz CT molecular complexity index is 1340. The Kier molecular flexibility index (Phi) is 5.83. The highest BCUT2D eigenvalue weighted by atomic mass is 19.4. The van der Waals surface area contributed by atoms with Gasteiger partial charge >= 0.3 is 6.18 Å². The molecule has 0 radical (unpaired) electrons. The third-order valence-electron chi connectivity index (χ3n) is 7.84. The van der Waals surface area contributed by atoms with Gasteiger partial charge in [-0.3, -0.25) is 9.69 Å². The average Bonchev–Trinajstić information content (AvgIpc) is 3.57. The Hall–Kier alpha value is -3.24. The first-order chi connectivity index (χ1) is 17.7. The molecule has 0 bridgehead atoms. The molecule has 37 heavy (non-hydrogen) atoms. The van der Waals surface area contributed by atoms with Gasteiger partial charge in [-0.15, -0.1) is 10.2 Å². The molecule has 3 aliphatic heterocycles. The summed E-state index contributed by atoms with van der Waals surface area (Å²) in [5, 5.41) is 8.17. The van der Waals surface area contributed by atoms with Crippen LogP contribution in [-0.4, -0.2) is 51.9 Å². The summed E-state index contributed by atoms with van der Waals surface area (Å²) in [5.41, 5.74) is 1.24. The van der Waals surface area contributed by atoms with Crippen LogP contribution < -0.4 is 4.90 Å². The third-order valence-corrected chi connectivity index (χ3v) is 7.84. The number of hydrogen-bond donors (Lipinski definition) is 0. The highest BCUT2D eigenvalue weighted by Crippen LogP contribution is 2.41. The number of rotatable bonds is 6. The Morgan fingerprint density at radius 3 is 2.54 bits per heavy atom. The zero-order valence-electron chi connectivity index (χ0n) is 20.6. The number of likely N-dealkylation sites (tertiary alicyclic amines) is 1. The van der Waals surface area contributed by atoms with Crippen molar-refractivity contribution in [1.29, 1.82) is 0 Å². The van der Waals surface area contributed by atoms with Crippen molar-refractivity contribution < 1.29 is 22.7 Å². The van der Waals surface area contributed by atoms with Crippen LogP contribution in [0.25, 0.3) is 0 Å². The molecule has 2 fully saturated rings. The topological polar surface area (TPSA) is 63.5 Å². The van der Waals surface area contributed by atoms with E-state index < -0.39 is 17.6 Å². The van der Waals surface area contributed by atoms with Gasteiger partial charge in [0.05, 0.1) is 25.3 Å². The summed E-state index contributed by atoms with van der Waals surface area (Å²) in [6.07, 6.45) is -0.187. The monoisotopic (exact) mass is 511 g/mol. The molecular weight excluding hydrogens is 483 g/mol. The number of amides is 1. The highest BCUT2D eigenvalue weighted by molar-refractivity contribution is 6.10. The average molecular weight is 512 g/mol.